The van der Waals surface area contributed by atoms with Gasteiger partial charge < -0.3 is 37.2 Å². The summed E-state index contributed by atoms with van der Waals surface area (Å²) < 4.78 is 22.7. The van der Waals surface area contributed by atoms with E-state index in [9.17, 15) is 10.0 Å². The molecular formula is C85H58BBrN4O4. The molecule has 14 aromatic carbocycles. The van der Waals surface area contributed by atoms with E-state index in [1.165, 1.54) is 81.8 Å². The van der Waals surface area contributed by atoms with Gasteiger partial charge in [0.05, 0.1) is 44.1 Å². The molecule has 0 fully saturated rings. The lowest BCUT2D eigenvalue weighted by molar-refractivity contribution is 0.425. The van der Waals surface area contributed by atoms with Gasteiger partial charge in [0.25, 0.3) is 0 Å². The molecule has 0 aliphatic rings. The van der Waals surface area contributed by atoms with Crippen molar-refractivity contribution in [2.75, 3.05) is 0 Å². The van der Waals surface area contributed by atoms with Gasteiger partial charge in [-0.2, -0.15) is 0 Å². The summed E-state index contributed by atoms with van der Waals surface area (Å²) in [6.07, 6.45) is 0. The lowest BCUT2D eigenvalue weighted by atomic mass is 9.80. The second-order valence-electron chi connectivity index (χ2n) is 23.9. The fraction of sp³-hybridized carbons (Fsp3) is 0.0118. The summed E-state index contributed by atoms with van der Waals surface area (Å²) in [5.74, 6) is 0. The zero-order valence-electron chi connectivity index (χ0n) is 50.5. The van der Waals surface area contributed by atoms with E-state index in [1.807, 2.05) is 54.6 Å². The van der Waals surface area contributed by atoms with Crippen LogP contribution in [0.25, 0.3) is 165 Å². The van der Waals surface area contributed by atoms with Crippen LogP contribution >= 0.6 is 15.9 Å². The molecule has 0 unspecified atom stereocenters. The molecule has 6 aromatic heterocycles. The second kappa shape index (κ2) is 23.2. The Morgan fingerprint density at radius 1 is 0.242 bits per heavy atom. The molecule has 0 radical (unpaired) electrons. The number of fused-ring (bicyclic) bond motifs is 18. The number of nitrogens with zero attached hydrogens (tertiary/aromatic N) is 4. The number of aromatic nitrogens is 4. The quantitative estimate of drug-likeness (QED) is 0.162. The maximum atomic E-state index is 9.42. The van der Waals surface area contributed by atoms with Crippen molar-refractivity contribution < 1.29 is 18.9 Å². The predicted molar refractivity (Wildman–Crippen MR) is 401 cm³/mol. The first-order valence-electron chi connectivity index (χ1n) is 31.5. The first-order chi connectivity index (χ1) is 46.4. The van der Waals surface area contributed by atoms with Crippen molar-refractivity contribution in [1.29, 1.82) is 0 Å². The van der Waals surface area contributed by atoms with Crippen LogP contribution in [-0.4, -0.2) is 35.4 Å². The fourth-order valence-electron chi connectivity index (χ4n) is 14.4. The van der Waals surface area contributed by atoms with Gasteiger partial charge in [-0.1, -0.05) is 199 Å². The molecule has 0 spiro atoms. The summed E-state index contributed by atoms with van der Waals surface area (Å²) in [5, 5.41) is 33.3. The molecule has 0 amide bonds. The largest absolute Gasteiger partial charge is 0.488 e. The van der Waals surface area contributed by atoms with E-state index in [-0.39, 0.29) is 7.43 Å². The minimum atomic E-state index is -1.46. The van der Waals surface area contributed by atoms with E-state index < -0.39 is 7.12 Å². The van der Waals surface area contributed by atoms with Gasteiger partial charge in [0.15, 0.2) is 0 Å². The van der Waals surface area contributed by atoms with E-state index in [0.29, 0.717) is 5.46 Å². The molecule has 20 rings (SSSR count). The number of benzene rings is 14. The Labute approximate surface area is 554 Å². The third-order valence-corrected chi connectivity index (χ3v) is 19.1. The highest BCUT2D eigenvalue weighted by molar-refractivity contribution is 9.10. The molecule has 0 aliphatic carbocycles. The fourth-order valence-corrected chi connectivity index (χ4v) is 14.8. The van der Waals surface area contributed by atoms with Gasteiger partial charge in [0, 0.05) is 91.9 Å². The number of rotatable bonds is 6. The minimum Gasteiger partial charge on any atom is -0.456 e. The molecule has 452 valence electrons. The maximum Gasteiger partial charge on any atom is 0.488 e. The Bertz CT molecular complexity index is 6190. The topological polar surface area (TPSA) is 86.5 Å². The molecule has 6 heterocycles. The first kappa shape index (κ1) is 57.3. The second-order valence-corrected chi connectivity index (χ2v) is 24.8. The number of halogens is 1. The highest BCUT2D eigenvalue weighted by atomic mass is 79.9. The molecule has 95 heavy (non-hydrogen) atoms. The highest BCUT2D eigenvalue weighted by Crippen LogP contribution is 2.41. The van der Waals surface area contributed by atoms with Gasteiger partial charge in [-0.05, 0) is 156 Å². The summed E-state index contributed by atoms with van der Waals surface area (Å²) in [6.45, 7) is 0. The first-order valence-corrected chi connectivity index (χ1v) is 32.3. The summed E-state index contributed by atoms with van der Waals surface area (Å²) in [4.78, 5) is 0. The van der Waals surface area contributed by atoms with Crippen LogP contribution in [0, 0.1) is 0 Å². The molecule has 0 aliphatic heterocycles. The van der Waals surface area contributed by atoms with Crippen molar-refractivity contribution in [2.24, 2.45) is 0 Å². The number of hydrogen-bond donors (Lipinski definition) is 2. The molecule has 0 saturated heterocycles. The van der Waals surface area contributed by atoms with Gasteiger partial charge in [-0.3, -0.25) is 0 Å². The predicted octanol–water partition coefficient (Wildman–Crippen LogP) is 22.0. The molecule has 0 saturated carbocycles. The summed E-state index contributed by atoms with van der Waals surface area (Å²) >= 11 is 3.58. The molecule has 10 heteroatoms. The molecule has 0 atom stereocenters. The molecule has 0 bridgehead atoms. The van der Waals surface area contributed by atoms with Crippen LogP contribution in [0.1, 0.15) is 7.43 Å². The third kappa shape index (κ3) is 9.52. The SMILES string of the molecule is Brc1ccc2oc3ccc(-n4c5ccccc5c5ccccc54)cc3c2c1.C.OB(O)c1cccc(-n2c3ccccc3c3ccccc32)c1.c1cc(-c2ccc3oc4ccc(-n5c6ccccc6c6ccccc65)cc4c3c2)cc(-n2c3ccccc3c3ccccc32)c1. The Balaban J connectivity index is 0.000000117. The van der Waals surface area contributed by atoms with Crippen LogP contribution in [0.5, 0.6) is 0 Å². The normalized spacial score (nSPS) is 11.7. The van der Waals surface area contributed by atoms with Crippen molar-refractivity contribution in [2.45, 2.75) is 7.43 Å². The lowest BCUT2D eigenvalue weighted by Crippen LogP contribution is -2.29. The van der Waals surface area contributed by atoms with Crippen LogP contribution in [-0.2, 0) is 0 Å². The van der Waals surface area contributed by atoms with Crippen molar-refractivity contribution in [3.63, 3.8) is 0 Å². The Morgan fingerprint density at radius 3 is 0.895 bits per heavy atom. The van der Waals surface area contributed by atoms with Gasteiger partial charge in [-0.15, -0.1) is 0 Å². The van der Waals surface area contributed by atoms with Crippen LogP contribution < -0.4 is 5.46 Å². The molecule has 2 N–H and O–H groups in total. The van der Waals surface area contributed by atoms with Crippen LogP contribution in [0.2, 0.25) is 0 Å². The molecular weight excluding hydrogens is 1230 g/mol. The smallest absolute Gasteiger partial charge is 0.456 e. The summed E-state index contributed by atoms with van der Waals surface area (Å²) in [5.41, 5.74) is 20.2. The number of furan rings is 2. The van der Waals surface area contributed by atoms with E-state index in [0.717, 1.165) is 87.7 Å². The molecule has 20 aromatic rings. The monoisotopic (exact) mass is 1290 g/mol. The van der Waals surface area contributed by atoms with Crippen LogP contribution in [0.3, 0.4) is 0 Å². The average Bonchev–Trinajstić information content (AvgIpc) is 1.62. The Kier molecular flexibility index (Phi) is 14.0. The highest BCUT2D eigenvalue weighted by Gasteiger charge is 2.20. The van der Waals surface area contributed by atoms with Gasteiger partial charge in [0.2, 0.25) is 0 Å². The summed E-state index contributed by atoms with van der Waals surface area (Å²) in [6, 6.07) is 110. The van der Waals surface area contributed by atoms with Crippen molar-refractivity contribution in [3.8, 4) is 33.9 Å². The maximum absolute atomic E-state index is 9.42. The Morgan fingerprint density at radius 2 is 0.526 bits per heavy atom. The van der Waals surface area contributed by atoms with Crippen LogP contribution in [0.4, 0.5) is 0 Å². The van der Waals surface area contributed by atoms with E-state index in [2.05, 4.69) is 289 Å². The Hall–Kier alpha value is -11.7. The van der Waals surface area contributed by atoms with E-state index >= 15 is 0 Å². The zero-order valence-corrected chi connectivity index (χ0v) is 52.1. The third-order valence-electron chi connectivity index (χ3n) is 18.6. The van der Waals surface area contributed by atoms with Gasteiger partial charge in [0.1, 0.15) is 22.3 Å². The van der Waals surface area contributed by atoms with Crippen molar-refractivity contribution >= 4 is 160 Å². The van der Waals surface area contributed by atoms with Crippen molar-refractivity contribution in [1.82, 2.24) is 18.3 Å². The van der Waals surface area contributed by atoms with Gasteiger partial charge >= 0.3 is 7.12 Å². The molecule has 8 nitrogen and oxygen atoms in total. The van der Waals surface area contributed by atoms with Gasteiger partial charge in [-0.25, -0.2) is 0 Å². The number of hydrogen-bond acceptors (Lipinski definition) is 4. The lowest BCUT2D eigenvalue weighted by Gasteiger charge is -2.10. The average molecular weight is 1290 g/mol. The standard InChI is InChI=1S/C42H26N2O.C24H14BrNO.C18H14BNO2.CH4/c1-5-16-37-31(12-1)32-13-2-6-17-38(32)43(37)29-11-9-10-27(24-29)28-20-22-41-35(25-28)36-26-30(21-23-42(36)45-41)44-39-18-7-3-14-33(39)34-15-4-8-19-40(34)44;25-15-9-11-23-19(13-15)20-14-16(10-12-24(20)27-23)26-21-7-3-1-5-17(21)18-6-2-4-8-22(18)26;21-19(22)13-6-5-7-14(12-13)20-17-10-3-1-8-15(17)16-9-2-4-11-18(16)20;/h1-26H;1-14H;1-12,21-22H;1H4. The summed E-state index contributed by atoms with van der Waals surface area (Å²) in [7, 11) is -1.46. The zero-order chi connectivity index (χ0) is 62.5. The minimum absolute atomic E-state index is 0. The van der Waals surface area contributed by atoms with Crippen molar-refractivity contribution in [3.05, 3.63) is 320 Å². The number of para-hydroxylation sites is 8. The van der Waals surface area contributed by atoms with E-state index in [1.54, 1.807) is 6.07 Å². The van der Waals surface area contributed by atoms with E-state index in [4.69, 9.17) is 8.83 Å². The van der Waals surface area contributed by atoms with Crippen LogP contribution in [0.15, 0.2) is 329 Å².